The fourth-order valence-corrected chi connectivity index (χ4v) is 4.25. The summed E-state index contributed by atoms with van der Waals surface area (Å²) in [4.78, 5) is 17.8. The van der Waals surface area contributed by atoms with Crippen molar-refractivity contribution < 1.29 is 4.79 Å². The van der Waals surface area contributed by atoms with E-state index in [1.165, 1.54) is 11.1 Å². The molecule has 0 saturated carbocycles. The van der Waals surface area contributed by atoms with E-state index in [9.17, 15) is 4.79 Å². The molecule has 27 heavy (non-hydrogen) atoms. The van der Waals surface area contributed by atoms with Gasteiger partial charge in [0, 0.05) is 12.1 Å². The monoisotopic (exact) mass is 372 g/mol. The first-order chi connectivity index (χ1) is 13.2. The summed E-state index contributed by atoms with van der Waals surface area (Å²) in [6.07, 6.45) is 0.860. The van der Waals surface area contributed by atoms with Crippen molar-refractivity contribution in [2.75, 3.05) is 0 Å². The zero-order valence-electron chi connectivity index (χ0n) is 15.1. The Morgan fingerprint density at radius 1 is 0.889 bits per heavy atom. The molecule has 3 nitrogen and oxygen atoms in total. The molecule has 3 aromatic carbocycles. The number of hydrogen-bond acceptors (Lipinski definition) is 2. The summed E-state index contributed by atoms with van der Waals surface area (Å²) in [7, 11) is 0. The van der Waals surface area contributed by atoms with Crippen molar-refractivity contribution in [3.05, 3.63) is 100 Å². The Bertz CT molecular complexity index is 1140. The first-order valence-electron chi connectivity index (χ1n) is 9.05. The van der Waals surface area contributed by atoms with Gasteiger partial charge in [-0.05, 0) is 48.7 Å². The van der Waals surface area contributed by atoms with Crippen LogP contribution < -0.4 is 4.80 Å². The number of hydrogen-bond donors (Lipinski definition) is 0. The number of carbonyl (C=O) groups is 1. The molecule has 0 radical (unpaired) electrons. The minimum absolute atomic E-state index is 0.199. The van der Waals surface area contributed by atoms with Crippen molar-refractivity contribution in [2.45, 2.75) is 19.9 Å². The molecule has 4 aromatic rings. The lowest BCUT2D eigenvalue weighted by Crippen LogP contribution is -2.15. The van der Waals surface area contributed by atoms with Gasteiger partial charge in [0.15, 0.2) is 4.80 Å². The number of aryl methyl sites for hydroxylation is 1. The molecule has 1 amide bonds. The van der Waals surface area contributed by atoms with Crippen molar-refractivity contribution >= 4 is 27.5 Å². The molecule has 0 aliphatic heterocycles. The van der Waals surface area contributed by atoms with E-state index in [1.54, 1.807) is 11.3 Å². The second-order valence-corrected chi connectivity index (χ2v) is 7.38. The number of fused-ring (bicyclic) bond motifs is 1. The Hall–Kier alpha value is -2.98. The molecule has 0 fully saturated rings. The van der Waals surface area contributed by atoms with E-state index in [0.29, 0.717) is 5.56 Å². The van der Waals surface area contributed by atoms with Gasteiger partial charge in [0.25, 0.3) is 5.91 Å². The maximum Gasteiger partial charge on any atom is 0.279 e. The highest BCUT2D eigenvalue weighted by atomic mass is 32.1. The third kappa shape index (κ3) is 3.76. The topological polar surface area (TPSA) is 34.4 Å². The highest BCUT2D eigenvalue weighted by Crippen LogP contribution is 2.17. The van der Waals surface area contributed by atoms with Gasteiger partial charge in [-0.15, -0.1) is 0 Å². The Morgan fingerprint density at radius 3 is 2.30 bits per heavy atom. The predicted octanol–water partition coefficient (Wildman–Crippen LogP) is 5.05. The summed E-state index contributed by atoms with van der Waals surface area (Å²) in [5.74, 6) is -0.199. The lowest BCUT2D eigenvalue weighted by atomic mass is 10.0. The first kappa shape index (κ1) is 17.4. The molecule has 134 valence electrons. The number of para-hydroxylation sites is 1. The molecule has 0 saturated heterocycles. The Morgan fingerprint density at radius 2 is 1.56 bits per heavy atom. The second kappa shape index (κ2) is 7.72. The minimum Gasteiger partial charge on any atom is -0.317 e. The van der Waals surface area contributed by atoms with Gasteiger partial charge in [-0.2, -0.15) is 4.99 Å². The summed E-state index contributed by atoms with van der Waals surface area (Å²) >= 11 is 1.55. The van der Waals surface area contributed by atoms with E-state index in [1.807, 2.05) is 54.6 Å². The molecule has 1 heterocycles. The van der Waals surface area contributed by atoms with Gasteiger partial charge in [-0.25, -0.2) is 0 Å². The van der Waals surface area contributed by atoms with Crippen LogP contribution in [0.15, 0.2) is 83.9 Å². The van der Waals surface area contributed by atoms with E-state index in [4.69, 9.17) is 0 Å². The fraction of sp³-hybridized carbons (Fsp3) is 0.130. The molecule has 0 spiro atoms. The van der Waals surface area contributed by atoms with Crippen LogP contribution in [-0.4, -0.2) is 10.5 Å². The summed E-state index contributed by atoms with van der Waals surface area (Å²) < 4.78 is 3.23. The van der Waals surface area contributed by atoms with Crippen molar-refractivity contribution in [2.24, 2.45) is 4.99 Å². The molecule has 0 bridgehead atoms. The van der Waals surface area contributed by atoms with Crippen molar-refractivity contribution in [1.82, 2.24) is 4.57 Å². The van der Waals surface area contributed by atoms with Crippen LogP contribution in [0.1, 0.15) is 28.4 Å². The SMILES string of the molecule is CCn1c(=NC(=O)c2ccc(Cc3ccccc3)cc2)sc2ccccc21. The Kier molecular flexibility index (Phi) is 4.99. The van der Waals surface area contributed by atoms with Gasteiger partial charge in [-0.1, -0.05) is 65.9 Å². The summed E-state index contributed by atoms with van der Waals surface area (Å²) in [6, 6.07) is 26.2. The van der Waals surface area contributed by atoms with Gasteiger partial charge < -0.3 is 4.57 Å². The molecule has 0 atom stereocenters. The average molecular weight is 372 g/mol. The Balaban J connectivity index is 1.61. The average Bonchev–Trinajstić information content (AvgIpc) is 3.06. The number of aromatic nitrogens is 1. The van der Waals surface area contributed by atoms with Gasteiger partial charge in [0.1, 0.15) is 0 Å². The van der Waals surface area contributed by atoms with Gasteiger partial charge >= 0.3 is 0 Å². The Labute approximate surface area is 162 Å². The molecule has 0 unspecified atom stereocenters. The minimum atomic E-state index is -0.199. The van der Waals surface area contributed by atoms with Crippen LogP contribution in [0.4, 0.5) is 0 Å². The van der Waals surface area contributed by atoms with Crippen molar-refractivity contribution in [1.29, 1.82) is 0 Å². The van der Waals surface area contributed by atoms with Crippen LogP contribution in [0.3, 0.4) is 0 Å². The molecule has 0 N–H and O–H groups in total. The molecule has 0 aliphatic rings. The normalized spacial score (nSPS) is 11.8. The maximum atomic E-state index is 12.7. The molecule has 4 rings (SSSR count). The summed E-state index contributed by atoms with van der Waals surface area (Å²) in [6.45, 7) is 2.85. The lowest BCUT2D eigenvalue weighted by Gasteiger charge is -2.03. The lowest BCUT2D eigenvalue weighted by molar-refractivity contribution is 0.0998. The van der Waals surface area contributed by atoms with Crippen LogP contribution in [0.5, 0.6) is 0 Å². The third-order valence-corrected chi connectivity index (χ3v) is 5.61. The van der Waals surface area contributed by atoms with E-state index in [2.05, 4.69) is 40.7 Å². The number of carbonyl (C=O) groups excluding carboxylic acids is 1. The smallest absolute Gasteiger partial charge is 0.279 e. The highest BCUT2D eigenvalue weighted by molar-refractivity contribution is 7.16. The van der Waals surface area contributed by atoms with E-state index >= 15 is 0 Å². The number of amides is 1. The molecular weight excluding hydrogens is 352 g/mol. The molecule has 0 aliphatic carbocycles. The van der Waals surface area contributed by atoms with Crippen molar-refractivity contribution in [3.8, 4) is 0 Å². The molecule has 4 heteroatoms. The van der Waals surface area contributed by atoms with Gasteiger partial charge in [0.05, 0.1) is 10.2 Å². The van der Waals surface area contributed by atoms with Crippen LogP contribution in [0.2, 0.25) is 0 Å². The standard InChI is InChI=1S/C23H20N2OS/c1-2-25-20-10-6-7-11-21(20)27-23(25)24-22(26)19-14-12-18(13-15-19)16-17-8-4-3-5-9-17/h3-15H,2,16H2,1H3. The maximum absolute atomic E-state index is 12.7. The summed E-state index contributed by atoms with van der Waals surface area (Å²) in [5, 5.41) is 0. The molecule has 1 aromatic heterocycles. The van der Waals surface area contributed by atoms with Crippen LogP contribution in [0, 0.1) is 0 Å². The fourth-order valence-electron chi connectivity index (χ4n) is 3.16. The second-order valence-electron chi connectivity index (χ2n) is 6.37. The number of benzene rings is 3. The predicted molar refractivity (Wildman–Crippen MR) is 111 cm³/mol. The van der Waals surface area contributed by atoms with E-state index in [-0.39, 0.29) is 5.91 Å². The van der Waals surface area contributed by atoms with E-state index in [0.717, 1.165) is 28.0 Å². The van der Waals surface area contributed by atoms with Gasteiger partial charge in [0.2, 0.25) is 0 Å². The number of rotatable bonds is 4. The first-order valence-corrected chi connectivity index (χ1v) is 9.86. The zero-order valence-corrected chi connectivity index (χ0v) is 15.9. The zero-order chi connectivity index (χ0) is 18.6. The largest absolute Gasteiger partial charge is 0.317 e. The van der Waals surface area contributed by atoms with Gasteiger partial charge in [-0.3, -0.25) is 4.79 Å². The van der Waals surface area contributed by atoms with Crippen LogP contribution >= 0.6 is 11.3 Å². The molecular formula is C23H20N2OS. The van der Waals surface area contributed by atoms with Crippen LogP contribution in [-0.2, 0) is 13.0 Å². The quantitative estimate of drug-likeness (QED) is 0.493. The van der Waals surface area contributed by atoms with Crippen LogP contribution in [0.25, 0.3) is 10.2 Å². The highest BCUT2D eigenvalue weighted by Gasteiger charge is 2.08. The van der Waals surface area contributed by atoms with Crippen molar-refractivity contribution in [3.63, 3.8) is 0 Å². The summed E-state index contributed by atoms with van der Waals surface area (Å²) in [5.41, 5.74) is 4.18. The number of thiazole rings is 1. The third-order valence-electron chi connectivity index (χ3n) is 4.55. The van der Waals surface area contributed by atoms with E-state index < -0.39 is 0 Å². The number of nitrogens with zero attached hydrogens (tertiary/aromatic N) is 2.